The molecule has 0 radical (unpaired) electrons. The number of carbonyl (C=O) groups excluding carboxylic acids is 1. The van der Waals surface area contributed by atoms with Crippen LogP contribution in [0.25, 0.3) is 5.65 Å². The topological polar surface area (TPSA) is 74.9 Å². The van der Waals surface area contributed by atoms with E-state index in [4.69, 9.17) is 0 Å². The summed E-state index contributed by atoms with van der Waals surface area (Å²) >= 11 is 0. The minimum absolute atomic E-state index is 0.195. The van der Waals surface area contributed by atoms with Gasteiger partial charge in [0.25, 0.3) is 5.91 Å². The van der Waals surface area contributed by atoms with Crippen LogP contribution in [0.5, 0.6) is 0 Å². The van der Waals surface area contributed by atoms with Crippen LogP contribution in [-0.2, 0) is 4.79 Å². The lowest BCUT2D eigenvalue weighted by Crippen LogP contribution is -2.49. The Morgan fingerprint density at radius 2 is 2.18 bits per heavy atom. The Hall–Kier alpha value is -2.37. The normalized spacial score (nSPS) is 22.0. The number of hydrogen-bond acceptors (Lipinski definition) is 3. The zero-order valence-electron chi connectivity index (χ0n) is 12.7. The number of aryl methyl sites for hydroxylation is 1. The summed E-state index contributed by atoms with van der Waals surface area (Å²) in [5.41, 5.74) is 2.17. The number of hydrogen-bond donors (Lipinski definition) is 1. The molecule has 2 aromatic heterocycles. The van der Waals surface area contributed by atoms with E-state index in [0.29, 0.717) is 25.1 Å². The Bertz CT molecular complexity index is 737. The van der Waals surface area contributed by atoms with Crippen LogP contribution in [0.2, 0.25) is 0 Å². The van der Waals surface area contributed by atoms with Crippen LogP contribution in [0, 0.1) is 12.8 Å². The highest BCUT2D eigenvalue weighted by Crippen LogP contribution is 2.25. The van der Waals surface area contributed by atoms with Crippen LogP contribution >= 0.6 is 0 Å². The van der Waals surface area contributed by atoms with Gasteiger partial charge in [0.15, 0.2) is 0 Å². The molecule has 0 spiro atoms. The second-order valence-corrected chi connectivity index (χ2v) is 5.92. The van der Waals surface area contributed by atoms with Gasteiger partial charge in [-0.3, -0.25) is 9.59 Å². The maximum atomic E-state index is 12.7. The van der Waals surface area contributed by atoms with Crippen molar-refractivity contribution in [3.8, 4) is 0 Å². The third-order valence-corrected chi connectivity index (χ3v) is 4.40. The zero-order valence-corrected chi connectivity index (χ0v) is 12.7. The lowest BCUT2D eigenvalue weighted by atomic mass is 9.90. The van der Waals surface area contributed by atoms with E-state index >= 15 is 0 Å². The van der Waals surface area contributed by atoms with E-state index in [1.807, 2.05) is 29.7 Å². The molecule has 1 N–H and O–H groups in total. The smallest absolute Gasteiger partial charge is 0.308 e. The molecule has 3 rings (SSSR count). The monoisotopic (exact) mass is 301 g/mol. The molecule has 0 bridgehead atoms. The van der Waals surface area contributed by atoms with E-state index in [1.165, 1.54) is 0 Å². The molecule has 1 fully saturated rings. The van der Waals surface area contributed by atoms with Crippen molar-refractivity contribution >= 4 is 17.5 Å². The highest BCUT2D eigenvalue weighted by molar-refractivity contribution is 5.93. The van der Waals surface area contributed by atoms with Crippen LogP contribution < -0.4 is 0 Å². The number of nitrogens with zero attached hydrogens (tertiary/aromatic N) is 3. The molecule has 116 valence electrons. The number of aliphatic carboxylic acids is 1. The molecule has 0 saturated carbocycles. The Kier molecular flexibility index (Phi) is 3.60. The van der Waals surface area contributed by atoms with Crippen LogP contribution in [0.4, 0.5) is 0 Å². The molecule has 1 saturated heterocycles. The minimum Gasteiger partial charge on any atom is -0.481 e. The number of carboxylic acids is 1. The van der Waals surface area contributed by atoms with E-state index in [9.17, 15) is 14.7 Å². The van der Waals surface area contributed by atoms with Gasteiger partial charge in [0, 0.05) is 25.0 Å². The van der Waals surface area contributed by atoms with Crippen LogP contribution in [0.3, 0.4) is 0 Å². The largest absolute Gasteiger partial charge is 0.481 e. The summed E-state index contributed by atoms with van der Waals surface area (Å²) in [5.74, 6) is -1.53. The Balaban J connectivity index is 1.89. The summed E-state index contributed by atoms with van der Waals surface area (Å²) in [7, 11) is 0. The molecule has 6 heteroatoms. The standard InChI is InChI=1S/C16H19N3O3/c1-10-5-7-18-9-13(17-14(18)8-10)15(20)19-6-3-4-12(11(19)2)16(21)22/h5,7-9,11-12H,3-4,6H2,1-2H3,(H,21,22)/t11-,12-/m1/s1. The van der Waals surface area contributed by atoms with E-state index < -0.39 is 11.9 Å². The maximum Gasteiger partial charge on any atom is 0.308 e. The number of carbonyl (C=O) groups is 2. The second kappa shape index (κ2) is 5.44. The summed E-state index contributed by atoms with van der Waals surface area (Å²) in [6.45, 7) is 4.35. The fourth-order valence-corrected chi connectivity index (χ4v) is 3.09. The van der Waals surface area contributed by atoms with Crippen molar-refractivity contribution in [1.29, 1.82) is 0 Å². The number of amides is 1. The second-order valence-electron chi connectivity index (χ2n) is 5.92. The first-order valence-electron chi connectivity index (χ1n) is 7.46. The number of rotatable bonds is 2. The van der Waals surface area contributed by atoms with Crippen LogP contribution in [0.1, 0.15) is 35.8 Å². The Morgan fingerprint density at radius 1 is 1.41 bits per heavy atom. The summed E-state index contributed by atoms with van der Waals surface area (Å²) in [4.78, 5) is 30.0. The summed E-state index contributed by atoms with van der Waals surface area (Å²) < 4.78 is 1.81. The van der Waals surface area contributed by atoms with E-state index in [2.05, 4.69) is 4.98 Å². The predicted molar refractivity (Wildman–Crippen MR) is 80.8 cm³/mol. The first kappa shape index (κ1) is 14.6. The molecule has 2 atom stereocenters. The molecule has 1 amide bonds. The quantitative estimate of drug-likeness (QED) is 0.920. The van der Waals surface area contributed by atoms with Gasteiger partial charge in [-0.2, -0.15) is 0 Å². The van der Waals surface area contributed by atoms with Gasteiger partial charge in [-0.05, 0) is 44.4 Å². The number of fused-ring (bicyclic) bond motifs is 1. The minimum atomic E-state index is -0.837. The molecule has 0 aromatic carbocycles. The average molecular weight is 301 g/mol. The van der Waals surface area contributed by atoms with Gasteiger partial charge in [0.2, 0.25) is 0 Å². The molecule has 22 heavy (non-hydrogen) atoms. The number of piperidine rings is 1. The fourth-order valence-electron chi connectivity index (χ4n) is 3.09. The van der Waals surface area contributed by atoms with Crippen molar-refractivity contribution in [2.75, 3.05) is 6.54 Å². The van der Waals surface area contributed by atoms with E-state index in [-0.39, 0.29) is 11.9 Å². The Labute approximate surface area is 128 Å². The lowest BCUT2D eigenvalue weighted by Gasteiger charge is -2.37. The van der Waals surface area contributed by atoms with E-state index in [0.717, 1.165) is 11.2 Å². The molecule has 2 aromatic rings. The van der Waals surface area contributed by atoms with Crippen molar-refractivity contribution in [1.82, 2.24) is 14.3 Å². The Morgan fingerprint density at radius 3 is 2.91 bits per heavy atom. The summed E-state index contributed by atoms with van der Waals surface area (Å²) in [5, 5.41) is 9.27. The summed E-state index contributed by atoms with van der Waals surface area (Å²) in [6, 6.07) is 3.55. The van der Waals surface area contributed by atoms with E-state index in [1.54, 1.807) is 18.0 Å². The number of imidazole rings is 1. The van der Waals surface area contributed by atoms with Crippen molar-refractivity contribution in [2.45, 2.75) is 32.7 Å². The zero-order chi connectivity index (χ0) is 15.9. The van der Waals surface area contributed by atoms with Crippen molar-refractivity contribution in [2.24, 2.45) is 5.92 Å². The number of pyridine rings is 1. The van der Waals surface area contributed by atoms with Crippen LogP contribution in [0.15, 0.2) is 24.5 Å². The SMILES string of the molecule is Cc1ccn2cc(C(=O)N3CCC[C@@H](C(=O)O)[C@H]3C)nc2c1. The molecular formula is C16H19N3O3. The highest BCUT2D eigenvalue weighted by Gasteiger charge is 2.36. The van der Waals surface area contributed by atoms with Gasteiger partial charge in [0.1, 0.15) is 11.3 Å². The van der Waals surface area contributed by atoms with Crippen LogP contribution in [-0.4, -0.2) is 43.9 Å². The third kappa shape index (κ3) is 2.45. The lowest BCUT2D eigenvalue weighted by molar-refractivity contribution is -0.144. The molecule has 6 nitrogen and oxygen atoms in total. The van der Waals surface area contributed by atoms with Crippen molar-refractivity contribution in [3.63, 3.8) is 0 Å². The molecular weight excluding hydrogens is 282 g/mol. The van der Waals surface area contributed by atoms with Gasteiger partial charge >= 0.3 is 5.97 Å². The van der Waals surface area contributed by atoms with Gasteiger partial charge in [-0.15, -0.1) is 0 Å². The molecule has 3 heterocycles. The fraction of sp³-hybridized carbons (Fsp3) is 0.438. The molecule has 0 unspecified atom stereocenters. The van der Waals surface area contributed by atoms with Crippen molar-refractivity contribution < 1.29 is 14.7 Å². The molecule has 1 aliphatic heterocycles. The first-order chi connectivity index (χ1) is 10.5. The third-order valence-electron chi connectivity index (χ3n) is 4.40. The van der Waals surface area contributed by atoms with Gasteiger partial charge in [-0.25, -0.2) is 4.98 Å². The highest BCUT2D eigenvalue weighted by atomic mass is 16.4. The average Bonchev–Trinajstić information content (AvgIpc) is 2.89. The number of carboxylic acid groups (broad SMARTS) is 1. The van der Waals surface area contributed by atoms with Gasteiger partial charge in [-0.1, -0.05) is 0 Å². The van der Waals surface area contributed by atoms with Gasteiger partial charge < -0.3 is 14.4 Å². The molecule has 1 aliphatic rings. The first-order valence-corrected chi connectivity index (χ1v) is 7.46. The summed E-state index contributed by atoms with van der Waals surface area (Å²) in [6.07, 6.45) is 4.90. The van der Waals surface area contributed by atoms with Gasteiger partial charge in [0.05, 0.1) is 5.92 Å². The predicted octanol–water partition coefficient (Wildman–Crippen LogP) is 1.97. The number of aromatic nitrogens is 2. The number of likely N-dealkylation sites (tertiary alicyclic amines) is 1. The van der Waals surface area contributed by atoms with Crippen molar-refractivity contribution in [3.05, 3.63) is 35.8 Å². The maximum absolute atomic E-state index is 12.7. The molecule has 0 aliphatic carbocycles.